The lowest BCUT2D eigenvalue weighted by Gasteiger charge is -2.17. The highest BCUT2D eigenvalue weighted by atomic mass is 32.2. The van der Waals surface area contributed by atoms with Crippen molar-refractivity contribution in [3.8, 4) is 0 Å². The van der Waals surface area contributed by atoms with E-state index < -0.39 is 9.84 Å². The summed E-state index contributed by atoms with van der Waals surface area (Å²) >= 11 is 0. The summed E-state index contributed by atoms with van der Waals surface area (Å²) in [5.41, 5.74) is 3.23. The molecule has 0 spiro atoms. The third-order valence-electron chi connectivity index (χ3n) is 5.82. The van der Waals surface area contributed by atoms with Gasteiger partial charge in [-0.15, -0.1) is 0 Å². The van der Waals surface area contributed by atoms with Gasteiger partial charge in [0.15, 0.2) is 0 Å². The minimum absolute atomic E-state index is 0.373. The van der Waals surface area contributed by atoms with Gasteiger partial charge in [0.2, 0.25) is 9.84 Å². The molecule has 0 bridgehead atoms. The molecule has 0 aliphatic carbocycles. The molecule has 1 fully saturated rings. The lowest BCUT2D eigenvalue weighted by molar-refractivity contribution is 0.298. The van der Waals surface area contributed by atoms with Crippen LogP contribution in [-0.4, -0.2) is 39.0 Å². The second-order valence-corrected chi connectivity index (χ2v) is 9.39. The third-order valence-corrected chi connectivity index (χ3v) is 7.57. The Morgan fingerprint density at radius 3 is 2.62 bits per heavy atom. The van der Waals surface area contributed by atoms with Crippen LogP contribution in [-0.2, 0) is 9.84 Å². The maximum Gasteiger partial charge on any atom is 0.206 e. The molecule has 1 N–H and O–H groups in total. The fourth-order valence-corrected chi connectivity index (χ4v) is 5.68. The van der Waals surface area contributed by atoms with E-state index in [1.807, 2.05) is 25.1 Å². The molecule has 138 valence electrons. The molecule has 4 nitrogen and oxygen atoms in total. The summed E-state index contributed by atoms with van der Waals surface area (Å²) in [6.45, 7) is 7.38. The number of anilines is 1. The minimum atomic E-state index is -3.48. The standard InChI is InChI=1S/C21H26N2O2S/c1-3-23-11-9-18-19-14-17(7-8-20(19)22-21(18)10-12-23)26(24,25)16-6-4-5-15(2)13-16/h4-8,13-14,18,21-22H,3,9-12H2,1-2H3/t18-,21-/m0/s1. The van der Waals surface area contributed by atoms with Gasteiger partial charge in [0.25, 0.3) is 0 Å². The summed E-state index contributed by atoms with van der Waals surface area (Å²) in [6.07, 6.45) is 2.18. The van der Waals surface area contributed by atoms with Crippen LogP contribution in [0.1, 0.15) is 36.8 Å². The molecule has 1 saturated heterocycles. The van der Waals surface area contributed by atoms with Gasteiger partial charge < -0.3 is 10.2 Å². The summed E-state index contributed by atoms with van der Waals surface area (Å²) in [5.74, 6) is 0.397. The molecule has 2 heterocycles. The molecule has 26 heavy (non-hydrogen) atoms. The first-order chi connectivity index (χ1) is 12.5. The Labute approximate surface area is 156 Å². The molecule has 0 aromatic heterocycles. The molecular weight excluding hydrogens is 344 g/mol. The summed E-state index contributed by atoms with van der Waals surface area (Å²) in [6, 6.07) is 13.2. The Kier molecular flexibility index (Phi) is 4.53. The topological polar surface area (TPSA) is 49.4 Å². The van der Waals surface area contributed by atoms with Crippen molar-refractivity contribution in [3.05, 3.63) is 53.6 Å². The predicted octanol–water partition coefficient (Wildman–Crippen LogP) is 3.82. The van der Waals surface area contributed by atoms with Gasteiger partial charge in [-0.25, -0.2) is 8.42 Å². The fraction of sp³-hybridized carbons (Fsp3) is 0.429. The number of benzene rings is 2. The number of hydrogen-bond donors (Lipinski definition) is 1. The molecule has 0 saturated carbocycles. The average molecular weight is 371 g/mol. The molecule has 5 heteroatoms. The number of sulfone groups is 1. The first kappa shape index (κ1) is 17.6. The van der Waals surface area contributed by atoms with E-state index in [1.54, 1.807) is 24.3 Å². The lowest BCUT2D eigenvalue weighted by Crippen LogP contribution is -2.25. The van der Waals surface area contributed by atoms with Crippen LogP contribution in [0.2, 0.25) is 0 Å². The van der Waals surface area contributed by atoms with Crippen LogP contribution in [0.4, 0.5) is 5.69 Å². The molecule has 2 aromatic rings. The van der Waals surface area contributed by atoms with Crippen LogP contribution in [0, 0.1) is 6.92 Å². The quantitative estimate of drug-likeness (QED) is 0.892. The summed E-state index contributed by atoms with van der Waals surface area (Å²) in [5, 5.41) is 3.63. The van der Waals surface area contributed by atoms with Gasteiger partial charge in [0, 0.05) is 24.2 Å². The van der Waals surface area contributed by atoms with Crippen molar-refractivity contribution < 1.29 is 8.42 Å². The van der Waals surface area contributed by atoms with Gasteiger partial charge in [-0.1, -0.05) is 19.1 Å². The molecule has 2 aliphatic rings. The highest BCUT2D eigenvalue weighted by Crippen LogP contribution is 2.42. The average Bonchev–Trinajstić information content (AvgIpc) is 2.85. The minimum Gasteiger partial charge on any atom is -0.381 e. The van der Waals surface area contributed by atoms with Crippen molar-refractivity contribution in [2.45, 2.75) is 48.4 Å². The largest absolute Gasteiger partial charge is 0.381 e. The van der Waals surface area contributed by atoms with E-state index in [0.717, 1.165) is 43.7 Å². The number of hydrogen-bond acceptors (Lipinski definition) is 4. The van der Waals surface area contributed by atoms with E-state index in [2.05, 4.69) is 17.1 Å². The smallest absolute Gasteiger partial charge is 0.206 e. The number of aryl methyl sites for hydroxylation is 1. The van der Waals surface area contributed by atoms with Crippen LogP contribution in [0.5, 0.6) is 0 Å². The van der Waals surface area contributed by atoms with Crippen LogP contribution in [0.25, 0.3) is 0 Å². The molecule has 0 amide bonds. The Hall–Kier alpha value is -1.85. The highest BCUT2D eigenvalue weighted by molar-refractivity contribution is 7.91. The summed E-state index contributed by atoms with van der Waals surface area (Å²) in [4.78, 5) is 3.26. The van der Waals surface area contributed by atoms with Crippen molar-refractivity contribution in [3.63, 3.8) is 0 Å². The van der Waals surface area contributed by atoms with Gasteiger partial charge in [0.05, 0.1) is 9.79 Å². The summed E-state index contributed by atoms with van der Waals surface area (Å²) < 4.78 is 26.2. The van der Waals surface area contributed by atoms with Crippen molar-refractivity contribution in [2.24, 2.45) is 0 Å². The second-order valence-electron chi connectivity index (χ2n) is 7.44. The number of nitrogens with zero attached hydrogens (tertiary/aromatic N) is 1. The third kappa shape index (κ3) is 3.03. The Morgan fingerprint density at radius 1 is 1.08 bits per heavy atom. The Balaban J connectivity index is 1.69. The van der Waals surface area contributed by atoms with Gasteiger partial charge in [-0.2, -0.15) is 0 Å². The van der Waals surface area contributed by atoms with E-state index >= 15 is 0 Å². The number of rotatable bonds is 3. The van der Waals surface area contributed by atoms with Gasteiger partial charge in [0.1, 0.15) is 0 Å². The Morgan fingerprint density at radius 2 is 1.85 bits per heavy atom. The molecule has 0 unspecified atom stereocenters. The second kappa shape index (κ2) is 6.71. The van der Waals surface area contributed by atoms with E-state index in [1.165, 1.54) is 5.56 Å². The maximum atomic E-state index is 13.1. The zero-order valence-electron chi connectivity index (χ0n) is 15.4. The number of nitrogens with one attached hydrogen (secondary N) is 1. The highest BCUT2D eigenvalue weighted by Gasteiger charge is 2.35. The van der Waals surface area contributed by atoms with Gasteiger partial charge in [-0.05, 0) is 74.3 Å². The normalized spacial score (nSPS) is 23.0. The monoisotopic (exact) mass is 370 g/mol. The fourth-order valence-electron chi connectivity index (χ4n) is 4.28. The molecule has 2 atom stereocenters. The van der Waals surface area contributed by atoms with Crippen molar-refractivity contribution in [1.29, 1.82) is 0 Å². The first-order valence-electron chi connectivity index (χ1n) is 9.43. The van der Waals surface area contributed by atoms with E-state index in [-0.39, 0.29) is 0 Å². The molecule has 0 radical (unpaired) electrons. The molecular formula is C21H26N2O2S. The predicted molar refractivity (Wildman–Crippen MR) is 105 cm³/mol. The van der Waals surface area contributed by atoms with Crippen LogP contribution in [0.15, 0.2) is 52.3 Å². The van der Waals surface area contributed by atoms with Crippen LogP contribution < -0.4 is 5.32 Å². The van der Waals surface area contributed by atoms with E-state index in [0.29, 0.717) is 21.8 Å². The lowest BCUT2D eigenvalue weighted by atomic mass is 9.91. The van der Waals surface area contributed by atoms with Gasteiger partial charge in [-0.3, -0.25) is 0 Å². The van der Waals surface area contributed by atoms with Crippen LogP contribution in [0.3, 0.4) is 0 Å². The van der Waals surface area contributed by atoms with Gasteiger partial charge >= 0.3 is 0 Å². The van der Waals surface area contributed by atoms with Crippen molar-refractivity contribution in [2.75, 3.05) is 25.0 Å². The number of fused-ring (bicyclic) bond motifs is 3. The Bertz CT molecular complexity index is 923. The first-order valence-corrected chi connectivity index (χ1v) is 10.9. The molecule has 4 rings (SSSR count). The zero-order valence-corrected chi connectivity index (χ0v) is 16.2. The molecule has 2 aromatic carbocycles. The van der Waals surface area contributed by atoms with E-state index in [9.17, 15) is 8.42 Å². The van der Waals surface area contributed by atoms with E-state index in [4.69, 9.17) is 0 Å². The zero-order chi connectivity index (χ0) is 18.3. The molecule has 2 aliphatic heterocycles. The SMILES string of the molecule is CCN1CC[C@@H]2Nc3ccc(S(=O)(=O)c4cccc(C)c4)cc3[C@@H]2CC1. The van der Waals surface area contributed by atoms with Crippen molar-refractivity contribution >= 4 is 15.5 Å². The van der Waals surface area contributed by atoms with Crippen LogP contribution >= 0.6 is 0 Å². The van der Waals surface area contributed by atoms with Crippen molar-refractivity contribution in [1.82, 2.24) is 4.90 Å². The number of likely N-dealkylation sites (tertiary alicyclic amines) is 1. The maximum absolute atomic E-state index is 13.1. The summed E-state index contributed by atoms with van der Waals surface area (Å²) in [7, 11) is -3.48.